The molecule has 0 aliphatic carbocycles. The van der Waals surface area contributed by atoms with Crippen molar-refractivity contribution in [1.29, 1.82) is 0 Å². The Bertz CT molecular complexity index is 670. The highest BCUT2D eigenvalue weighted by atomic mass is 35.5. The number of aromatic nitrogens is 4. The number of carbonyl (C=O) groups excluding carboxylic acids is 1. The maximum Gasteiger partial charge on any atom is 0.278 e. The first-order chi connectivity index (χ1) is 9.86. The largest absolute Gasteiger partial charge is 0.289 e. The van der Waals surface area contributed by atoms with Crippen LogP contribution in [0, 0.1) is 6.92 Å². The van der Waals surface area contributed by atoms with Gasteiger partial charge in [-0.25, -0.2) is 19.9 Å². The van der Waals surface area contributed by atoms with Gasteiger partial charge in [0.1, 0.15) is 11.0 Å². The van der Waals surface area contributed by atoms with Crippen LogP contribution in [-0.4, -0.2) is 25.8 Å². The molecule has 21 heavy (non-hydrogen) atoms. The van der Waals surface area contributed by atoms with E-state index in [0.29, 0.717) is 11.5 Å². The maximum atomic E-state index is 12.2. The second kappa shape index (κ2) is 6.32. The van der Waals surface area contributed by atoms with E-state index in [1.54, 1.807) is 13.0 Å². The van der Waals surface area contributed by atoms with Crippen LogP contribution in [0.2, 0.25) is 10.2 Å². The van der Waals surface area contributed by atoms with Crippen LogP contribution in [0.3, 0.4) is 0 Å². The third-order valence-corrected chi connectivity index (χ3v) is 3.01. The van der Waals surface area contributed by atoms with Crippen LogP contribution in [0.1, 0.15) is 41.8 Å². The Labute approximate surface area is 132 Å². The van der Waals surface area contributed by atoms with E-state index in [1.165, 1.54) is 6.20 Å². The van der Waals surface area contributed by atoms with Gasteiger partial charge in [-0.3, -0.25) is 10.1 Å². The van der Waals surface area contributed by atoms with Gasteiger partial charge in [0, 0.05) is 11.6 Å². The normalized spacial score (nSPS) is 10.8. The van der Waals surface area contributed by atoms with E-state index in [0.717, 1.165) is 0 Å². The molecule has 0 radical (unpaired) electrons. The lowest BCUT2D eigenvalue weighted by atomic mass is 10.2. The van der Waals surface area contributed by atoms with E-state index in [2.05, 4.69) is 25.3 Å². The summed E-state index contributed by atoms with van der Waals surface area (Å²) in [5.41, 5.74) is 0.721. The number of halogens is 2. The molecule has 0 spiro atoms. The number of amides is 1. The van der Waals surface area contributed by atoms with Crippen LogP contribution in [0.25, 0.3) is 0 Å². The quantitative estimate of drug-likeness (QED) is 0.876. The SMILES string of the molecule is Cc1cc(Cl)nc(NC(=O)c2nc(C(C)C)ncc2Cl)n1. The smallest absolute Gasteiger partial charge is 0.278 e. The van der Waals surface area contributed by atoms with Gasteiger partial charge in [0.25, 0.3) is 5.91 Å². The van der Waals surface area contributed by atoms with Gasteiger partial charge in [-0.05, 0) is 13.0 Å². The van der Waals surface area contributed by atoms with E-state index in [4.69, 9.17) is 23.2 Å². The molecule has 2 aromatic heterocycles. The van der Waals surface area contributed by atoms with Gasteiger partial charge in [-0.1, -0.05) is 37.0 Å². The minimum Gasteiger partial charge on any atom is -0.289 e. The van der Waals surface area contributed by atoms with Gasteiger partial charge >= 0.3 is 0 Å². The Morgan fingerprint density at radius 3 is 2.57 bits per heavy atom. The summed E-state index contributed by atoms with van der Waals surface area (Å²) in [5, 5.41) is 2.93. The van der Waals surface area contributed by atoms with Crippen molar-refractivity contribution in [3.63, 3.8) is 0 Å². The van der Waals surface area contributed by atoms with Gasteiger partial charge in [-0.2, -0.15) is 0 Å². The zero-order valence-electron chi connectivity index (χ0n) is 11.7. The van der Waals surface area contributed by atoms with Crippen LogP contribution in [-0.2, 0) is 0 Å². The summed E-state index contributed by atoms with van der Waals surface area (Å²) in [7, 11) is 0. The van der Waals surface area contributed by atoms with E-state index >= 15 is 0 Å². The molecule has 0 saturated heterocycles. The molecular weight excluding hydrogens is 313 g/mol. The number of hydrogen-bond acceptors (Lipinski definition) is 5. The molecule has 0 saturated carbocycles. The van der Waals surface area contributed by atoms with Crippen LogP contribution in [0.15, 0.2) is 12.3 Å². The summed E-state index contributed by atoms with van der Waals surface area (Å²) < 4.78 is 0. The number of nitrogens with zero attached hydrogens (tertiary/aromatic N) is 4. The number of anilines is 1. The molecule has 0 bridgehead atoms. The molecule has 2 rings (SSSR count). The third-order valence-electron chi connectivity index (χ3n) is 2.54. The second-order valence-electron chi connectivity index (χ2n) is 4.69. The molecule has 0 atom stereocenters. The molecule has 6 nitrogen and oxygen atoms in total. The van der Waals surface area contributed by atoms with Crippen molar-refractivity contribution < 1.29 is 4.79 Å². The molecule has 1 N–H and O–H groups in total. The minimum absolute atomic E-state index is 0.0802. The van der Waals surface area contributed by atoms with Crippen molar-refractivity contribution >= 4 is 35.1 Å². The molecule has 0 aliphatic heterocycles. The summed E-state index contributed by atoms with van der Waals surface area (Å²) in [5.74, 6) is 0.211. The van der Waals surface area contributed by atoms with E-state index in [-0.39, 0.29) is 27.7 Å². The molecule has 0 aromatic carbocycles. The summed E-state index contributed by atoms with van der Waals surface area (Å²) >= 11 is 11.8. The molecule has 0 unspecified atom stereocenters. The van der Waals surface area contributed by atoms with Crippen LogP contribution < -0.4 is 5.32 Å². The number of rotatable bonds is 3. The monoisotopic (exact) mass is 325 g/mol. The molecule has 0 aliphatic rings. The second-order valence-corrected chi connectivity index (χ2v) is 5.48. The fraction of sp³-hybridized carbons (Fsp3) is 0.308. The lowest BCUT2D eigenvalue weighted by Crippen LogP contribution is -2.18. The first kappa shape index (κ1) is 15.6. The highest BCUT2D eigenvalue weighted by Crippen LogP contribution is 2.18. The molecule has 0 fully saturated rings. The average Bonchev–Trinajstić information content (AvgIpc) is 2.37. The number of carbonyl (C=O) groups is 1. The van der Waals surface area contributed by atoms with Crippen molar-refractivity contribution in [1.82, 2.24) is 19.9 Å². The summed E-state index contributed by atoms with van der Waals surface area (Å²) in [6.07, 6.45) is 1.41. The first-order valence-corrected chi connectivity index (χ1v) is 6.97. The first-order valence-electron chi connectivity index (χ1n) is 6.21. The topological polar surface area (TPSA) is 80.7 Å². The third kappa shape index (κ3) is 3.86. The zero-order chi connectivity index (χ0) is 15.6. The van der Waals surface area contributed by atoms with Crippen LogP contribution in [0.4, 0.5) is 5.95 Å². The Kier molecular flexibility index (Phi) is 4.69. The highest BCUT2D eigenvalue weighted by molar-refractivity contribution is 6.34. The van der Waals surface area contributed by atoms with Gasteiger partial charge in [0.2, 0.25) is 5.95 Å². The van der Waals surface area contributed by atoms with Gasteiger partial charge in [-0.15, -0.1) is 0 Å². The molecular formula is C13H13Cl2N5O. The van der Waals surface area contributed by atoms with E-state index < -0.39 is 5.91 Å². The summed E-state index contributed by atoms with van der Waals surface area (Å²) in [6.45, 7) is 5.60. The van der Waals surface area contributed by atoms with Crippen molar-refractivity contribution in [2.75, 3.05) is 5.32 Å². The Morgan fingerprint density at radius 2 is 1.95 bits per heavy atom. The van der Waals surface area contributed by atoms with Crippen LogP contribution in [0.5, 0.6) is 0 Å². The Morgan fingerprint density at radius 1 is 1.24 bits per heavy atom. The predicted molar refractivity (Wildman–Crippen MR) is 80.9 cm³/mol. The molecule has 110 valence electrons. The minimum atomic E-state index is -0.508. The molecule has 1 amide bonds. The lowest BCUT2D eigenvalue weighted by Gasteiger charge is -2.08. The average molecular weight is 326 g/mol. The predicted octanol–water partition coefficient (Wildman–Crippen LogP) is 3.26. The van der Waals surface area contributed by atoms with Gasteiger partial charge < -0.3 is 0 Å². The van der Waals surface area contributed by atoms with Crippen molar-refractivity contribution in [3.8, 4) is 0 Å². The molecule has 2 heterocycles. The lowest BCUT2D eigenvalue weighted by molar-refractivity contribution is 0.102. The van der Waals surface area contributed by atoms with E-state index in [1.807, 2.05) is 13.8 Å². The Balaban J connectivity index is 2.29. The fourth-order valence-corrected chi connectivity index (χ4v) is 1.98. The van der Waals surface area contributed by atoms with Crippen molar-refractivity contribution in [3.05, 3.63) is 39.7 Å². The number of aryl methyl sites for hydroxylation is 1. The maximum absolute atomic E-state index is 12.2. The Hall–Kier alpha value is -1.79. The fourth-order valence-electron chi connectivity index (χ4n) is 1.56. The van der Waals surface area contributed by atoms with Crippen molar-refractivity contribution in [2.45, 2.75) is 26.7 Å². The van der Waals surface area contributed by atoms with Gasteiger partial charge in [0.05, 0.1) is 11.2 Å². The molecule has 2 aromatic rings. The van der Waals surface area contributed by atoms with E-state index in [9.17, 15) is 4.79 Å². The number of nitrogens with one attached hydrogen (secondary N) is 1. The number of hydrogen-bond donors (Lipinski definition) is 1. The molecule has 8 heteroatoms. The summed E-state index contributed by atoms with van der Waals surface area (Å²) in [4.78, 5) is 28.5. The van der Waals surface area contributed by atoms with Crippen LogP contribution >= 0.6 is 23.2 Å². The van der Waals surface area contributed by atoms with Crippen molar-refractivity contribution in [2.24, 2.45) is 0 Å². The zero-order valence-corrected chi connectivity index (χ0v) is 13.2. The van der Waals surface area contributed by atoms with Gasteiger partial charge in [0.15, 0.2) is 5.69 Å². The summed E-state index contributed by atoms with van der Waals surface area (Å²) in [6, 6.07) is 1.59. The standard InChI is InChI=1S/C13H13Cl2N5O/c1-6(2)11-16-5-8(14)10(19-11)12(21)20-13-17-7(3)4-9(15)18-13/h4-6H,1-3H3,(H,17,18,20,21). The highest BCUT2D eigenvalue weighted by Gasteiger charge is 2.17.